The number of carbonyl (C=O) groups is 1. The predicted octanol–water partition coefficient (Wildman–Crippen LogP) is 4.97. The molecule has 1 amide bonds. The summed E-state index contributed by atoms with van der Waals surface area (Å²) in [4.78, 5) is 12.6. The van der Waals surface area contributed by atoms with Crippen LogP contribution in [0.15, 0.2) is 89.1 Å². The number of carbonyl (C=O) groups excluding carboxylic acids is 1. The minimum absolute atomic E-state index is 0.128. The molecule has 0 atom stereocenters. The van der Waals surface area contributed by atoms with E-state index in [9.17, 15) is 4.79 Å². The molecule has 0 aliphatic carbocycles. The molecule has 9 heteroatoms. The van der Waals surface area contributed by atoms with Gasteiger partial charge in [0.2, 0.25) is 0 Å². The van der Waals surface area contributed by atoms with Crippen LogP contribution in [0.3, 0.4) is 0 Å². The van der Waals surface area contributed by atoms with Gasteiger partial charge in [0.15, 0.2) is 11.0 Å². The number of thioether (sulfide) groups is 1. The van der Waals surface area contributed by atoms with E-state index in [0.717, 1.165) is 28.3 Å². The standard InChI is InChI=1S/C27H27N5O3S/c1-4-35-24-16-12-22(13-17-24)32-26(21-8-6-5-7-9-21)30-31-27(32)36-18-25(33)29-28-19(2)20-10-14-23(34-3)15-11-20/h5-17H,4,18H2,1-3H3,(H,29,33)/b28-19+. The predicted molar refractivity (Wildman–Crippen MR) is 142 cm³/mol. The SMILES string of the molecule is CCOc1ccc(-n2c(SCC(=O)N/N=C(\C)c3ccc(OC)cc3)nnc2-c2ccccc2)cc1. The molecule has 1 heterocycles. The van der Waals surface area contributed by atoms with Gasteiger partial charge in [-0.3, -0.25) is 9.36 Å². The van der Waals surface area contributed by atoms with E-state index in [1.54, 1.807) is 7.11 Å². The molecular weight excluding hydrogens is 474 g/mol. The maximum absolute atomic E-state index is 12.6. The van der Waals surface area contributed by atoms with Gasteiger partial charge in [0.05, 0.1) is 25.2 Å². The fraction of sp³-hybridized carbons (Fsp3) is 0.185. The van der Waals surface area contributed by atoms with Crippen molar-refractivity contribution in [1.29, 1.82) is 0 Å². The summed E-state index contributed by atoms with van der Waals surface area (Å²) < 4.78 is 12.7. The first-order chi connectivity index (χ1) is 17.6. The zero-order chi connectivity index (χ0) is 25.3. The molecule has 0 aliphatic heterocycles. The van der Waals surface area contributed by atoms with Gasteiger partial charge in [-0.15, -0.1) is 10.2 Å². The molecule has 0 unspecified atom stereocenters. The molecule has 0 spiro atoms. The maximum atomic E-state index is 12.6. The molecular formula is C27H27N5O3S. The van der Waals surface area contributed by atoms with E-state index >= 15 is 0 Å². The van der Waals surface area contributed by atoms with Crippen LogP contribution in [-0.2, 0) is 4.79 Å². The van der Waals surface area contributed by atoms with Crippen LogP contribution in [0.25, 0.3) is 17.1 Å². The molecule has 0 bridgehead atoms. The summed E-state index contributed by atoms with van der Waals surface area (Å²) in [6.07, 6.45) is 0. The Hall–Kier alpha value is -4.11. The van der Waals surface area contributed by atoms with Crippen molar-refractivity contribution in [2.24, 2.45) is 5.10 Å². The summed E-state index contributed by atoms with van der Waals surface area (Å²) in [6.45, 7) is 4.38. The number of hydrazone groups is 1. The molecule has 3 aromatic carbocycles. The van der Waals surface area contributed by atoms with Crippen molar-refractivity contribution in [3.63, 3.8) is 0 Å². The highest BCUT2D eigenvalue weighted by atomic mass is 32.2. The Morgan fingerprint density at radius 1 is 0.972 bits per heavy atom. The molecule has 1 aromatic heterocycles. The van der Waals surface area contributed by atoms with Crippen molar-refractivity contribution in [3.8, 4) is 28.6 Å². The van der Waals surface area contributed by atoms with Gasteiger partial charge in [-0.05, 0) is 67.9 Å². The Balaban J connectivity index is 1.50. The summed E-state index contributed by atoms with van der Waals surface area (Å²) >= 11 is 1.29. The number of aromatic nitrogens is 3. The monoisotopic (exact) mass is 501 g/mol. The van der Waals surface area contributed by atoms with E-state index in [4.69, 9.17) is 9.47 Å². The fourth-order valence-corrected chi connectivity index (χ4v) is 4.18. The van der Waals surface area contributed by atoms with Crippen LogP contribution in [-0.4, -0.2) is 45.9 Å². The second kappa shape index (κ2) is 12.0. The molecule has 36 heavy (non-hydrogen) atoms. The van der Waals surface area contributed by atoms with Crippen LogP contribution in [0, 0.1) is 0 Å². The van der Waals surface area contributed by atoms with Crippen molar-refractivity contribution in [3.05, 3.63) is 84.4 Å². The third-order valence-corrected chi connectivity index (χ3v) is 6.19. The van der Waals surface area contributed by atoms with Crippen molar-refractivity contribution in [1.82, 2.24) is 20.2 Å². The molecule has 4 aromatic rings. The summed E-state index contributed by atoms with van der Waals surface area (Å²) in [7, 11) is 1.62. The van der Waals surface area contributed by atoms with Gasteiger partial charge in [0.25, 0.3) is 5.91 Å². The number of methoxy groups -OCH3 is 1. The van der Waals surface area contributed by atoms with Gasteiger partial charge in [-0.2, -0.15) is 5.10 Å². The van der Waals surface area contributed by atoms with Gasteiger partial charge in [0, 0.05) is 11.3 Å². The molecule has 184 valence electrons. The first kappa shape index (κ1) is 25.0. The van der Waals surface area contributed by atoms with E-state index in [1.807, 2.05) is 97.3 Å². The molecule has 0 saturated carbocycles. The van der Waals surface area contributed by atoms with E-state index < -0.39 is 0 Å². The van der Waals surface area contributed by atoms with E-state index in [-0.39, 0.29) is 11.7 Å². The largest absolute Gasteiger partial charge is 0.497 e. The molecule has 0 aliphatic rings. The van der Waals surface area contributed by atoms with Crippen molar-refractivity contribution >= 4 is 23.4 Å². The van der Waals surface area contributed by atoms with E-state index in [1.165, 1.54) is 11.8 Å². The molecule has 1 N–H and O–H groups in total. The van der Waals surface area contributed by atoms with Gasteiger partial charge >= 0.3 is 0 Å². The summed E-state index contributed by atoms with van der Waals surface area (Å²) in [5, 5.41) is 13.6. The number of nitrogens with one attached hydrogen (secondary N) is 1. The Morgan fingerprint density at radius 2 is 1.67 bits per heavy atom. The number of benzene rings is 3. The molecule has 0 fully saturated rings. The number of ether oxygens (including phenoxy) is 2. The van der Waals surface area contributed by atoms with Crippen LogP contribution in [0.5, 0.6) is 11.5 Å². The highest BCUT2D eigenvalue weighted by Crippen LogP contribution is 2.28. The molecule has 0 radical (unpaired) electrons. The Bertz CT molecular complexity index is 1320. The second-order valence-corrected chi connectivity index (χ2v) is 8.63. The van der Waals surface area contributed by atoms with Crippen LogP contribution >= 0.6 is 11.8 Å². The Kier molecular flexibility index (Phi) is 8.36. The van der Waals surface area contributed by atoms with Gasteiger partial charge in [-0.25, -0.2) is 5.43 Å². The summed E-state index contributed by atoms with van der Waals surface area (Å²) in [6, 6.07) is 25.0. The summed E-state index contributed by atoms with van der Waals surface area (Å²) in [5.74, 6) is 2.13. The third kappa shape index (κ3) is 6.11. The lowest BCUT2D eigenvalue weighted by molar-refractivity contribution is -0.118. The number of rotatable bonds is 10. The zero-order valence-corrected chi connectivity index (χ0v) is 21.2. The minimum atomic E-state index is -0.240. The van der Waals surface area contributed by atoms with Crippen molar-refractivity contribution in [2.45, 2.75) is 19.0 Å². The van der Waals surface area contributed by atoms with Crippen LogP contribution < -0.4 is 14.9 Å². The topological polar surface area (TPSA) is 90.6 Å². The number of hydrogen-bond donors (Lipinski definition) is 1. The molecule has 4 rings (SSSR count). The molecule has 8 nitrogen and oxygen atoms in total. The van der Waals surface area contributed by atoms with E-state index in [2.05, 4.69) is 20.7 Å². The second-order valence-electron chi connectivity index (χ2n) is 7.68. The summed E-state index contributed by atoms with van der Waals surface area (Å²) in [5.41, 5.74) is 6.01. The van der Waals surface area contributed by atoms with Crippen molar-refractivity contribution in [2.75, 3.05) is 19.5 Å². The number of nitrogens with zero attached hydrogens (tertiary/aromatic N) is 4. The van der Waals surface area contributed by atoms with Crippen molar-refractivity contribution < 1.29 is 14.3 Å². The first-order valence-electron chi connectivity index (χ1n) is 11.4. The van der Waals surface area contributed by atoms with Crippen LogP contribution in [0.2, 0.25) is 0 Å². The quantitative estimate of drug-likeness (QED) is 0.187. The van der Waals surface area contributed by atoms with Crippen LogP contribution in [0.4, 0.5) is 0 Å². The van der Waals surface area contributed by atoms with Gasteiger partial charge in [0.1, 0.15) is 11.5 Å². The lowest BCUT2D eigenvalue weighted by atomic mass is 10.1. The number of amides is 1. The first-order valence-corrected chi connectivity index (χ1v) is 12.4. The fourth-order valence-electron chi connectivity index (χ4n) is 3.43. The normalized spacial score (nSPS) is 11.2. The van der Waals surface area contributed by atoms with E-state index in [0.29, 0.717) is 23.3 Å². The van der Waals surface area contributed by atoms with Crippen LogP contribution in [0.1, 0.15) is 19.4 Å². The Morgan fingerprint density at radius 3 is 2.33 bits per heavy atom. The van der Waals surface area contributed by atoms with Gasteiger partial charge < -0.3 is 9.47 Å². The molecule has 0 saturated heterocycles. The van der Waals surface area contributed by atoms with Gasteiger partial charge in [-0.1, -0.05) is 42.1 Å². The zero-order valence-electron chi connectivity index (χ0n) is 20.3. The maximum Gasteiger partial charge on any atom is 0.250 e. The average Bonchev–Trinajstić information content (AvgIpc) is 3.35. The minimum Gasteiger partial charge on any atom is -0.497 e. The lowest BCUT2D eigenvalue weighted by Crippen LogP contribution is -2.21. The number of hydrogen-bond acceptors (Lipinski definition) is 7. The highest BCUT2D eigenvalue weighted by Gasteiger charge is 2.17. The Labute approximate surface area is 214 Å². The third-order valence-electron chi connectivity index (χ3n) is 5.26. The average molecular weight is 502 g/mol. The smallest absolute Gasteiger partial charge is 0.250 e. The lowest BCUT2D eigenvalue weighted by Gasteiger charge is -2.11. The highest BCUT2D eigenvalue weighted by molar-refractivity contribution is 7.99.